The predicted molar refractivity (Wildman–Crippen MR) is 106 cm³/mol. The fourth-order valence-electron chi connectivity index (χ4n) is 3.86. The van der Waals surface area contributed by atoms with Crippen LogP contribution in [-0.2, 0) is 24.0 Å². The Hall–Kier alpha value is -2.05. The van der Waals surface area contributed by atoms with Gasteiger partial charge in [0.15, 0.2) is 5.78 Å². The number of hydrogen-bond donors (Lipinski definition) is 0. The van der Waals surface area contributed by atoms with Crippen molar-refractivity contribution in [3.63, 3.8) is 0 Å². The molecule has 1 fully saturated rings. The highest BCUT2D eigenvalue weighted by Gasteiger charge is 2.25. The highest BCUT2D eigenvalue weighted by atomic mass is 35.5. The summed E-state index contributed by atoms with van der Waals surface area (Å²) in [4.78, 5) is 24.1. The van der Waals surface area contributed by atoms with Gasteiger partial charge in [-0.2, -0.15) is 0 Å². The minimum absolute atomic E-state index is 0.00886. The summed E-state index contributed by atoms with van der Waals surface area (Å²) in [6, 6.07) is 5.33. The van der Waals surface area contributed by atoms with Crippen LogP contribution in [0.1, 0.15) is 40.2 Å². The molecule has 0 aromatic carbocycles. The van der Waals surface area contributed by atoms with Crippen LogP contribution in [0.3, 0.4) is 0 Å². The number of Topliss-reactive ketones (excluding diaryl/α,β-unsaturated/α-hetero) is 1. The van der Waals surface area contributed by atoms with Crippen LogP contribution in [0.25, 0.3) is 0 Å². The van der Waals surface area contributed by atoms with E-state index in [-0.39, 0.29) is 12.2 Å². The molecule has 4 rings (SSSR count). The molecule has 1 saturated heterocycles. The van der Waals surface area contributed by atoms with E-state index in [4.69, 9.17) is 21.3 Å². The number of ketones is 1. The number of piperidine rings is 1. The molecule has 0 spiro atoms. The molecule has 5 nitrogen and oxygen atoms in total. The van der Waals surface area contributed by atoms with E-state index < -0.39 is 6.17 Å². The number of halogens is 2. The smallest absolute Gasteiger partial charge is 0.169 e. The summed E-state index contributed by atoms with van der Waals surface area (Å²) < 4.78 is 19.5. The fraction of sp³-hybridized carbons (Fsp3) is 0.476. The van der Waals surface area contributed by atoms with Crippen LogP contribution in [0.2, 0.25) is 5.02 Å². The van der Waals surface area contributed by atoms with Crippen molar-refractivity contribution in [3.05, 3.63) is 51.9 Å². The van der Waals surface area contributed by atoms with Crippen LogP contribution in [0, 0.1) is 0 Å². The van der Waals surface area contributed by atoms with E-state index in [1.807, 2.05) is 11.0 Å². The van der Waals surface area contributed by atoms with Crippen LogP contribution in [0.5, 0.6) is 0 Å². The number of hydrogen-bond acceptors (Lipinski definition) is 5. The zero-order valence-electron chi connectivity index (χ0n) is 15.7. The summed E-state index contributed by atoms with van der Waals surface area (Å²) in [7, 11) is 0. The maximum Gasteiger partial charge on any atom is 0.169 e. The number of alkyl halides is 1. The monoisotopic (exact) mass is 403 g/mol. The van der Waals surface area contributed by atoms with E-state index in [0.717, 1.165) is 24.2 Å². The molecule has 2 aromatic heterocycles. The van der Waals surface area contributed by atoms with E-state index in [9.17, 15) is 9.18 Å². The topological polar surface area (TPSA) is 55.3 Å². The summed E-state index contributed by atoms with van der Waals surface area (Å²) in [5, 5.41) is 0.541. The summed E-state index contributed by atoms with van der Waals surface area (Å²) in [6.07, 6.45) is 3.59. The Morgan fingerprint density at radius 1 is 1.32 bits per heavy atom. The van der Waals surface area contributed by atoms with Crippen molar-refractivity contribution in [3.8, 4) is 0 Å². The van der Waals surface area contributed by atoms with E-state index in [2.05, 4.69) is 4.98 Å². The Kier molecular flexibility index (Phi) is 5.87. The molecular formula is C21H23ClFN3O2. The first-order chi connectivity index (χ1) is 13.6. The molecule has 2 aliphatic rings. The molecular weight excluding hydrogens is 381 g/mol. The Balaban J connectivity index is 1.68. The molecule has 0 bridgehead atoms. The number of ether oxygens (including phenoxy) is 1. The Morgan fingerprint density at radius 3 is 2.96 bits per heavy atom. The lowest BCUT2D eigenvalue weighted by Crippen LogP contribution is -2.37. The highest BCUT2D eigenvalue weighted by molar-refractivity contribution is 6.30. The second kappa shape index (κ2) is 8.53. The van der Waals surface area contributed by atoms with Gasteiger partial charge in [0.2, 0.25) is 0 Å². The molecule has 0 unspecified atom stereocenters. The van der Waals surface area contributed by atoms with Crippen molar-refractivity contribution in [1.29, 1.82) is 0 Å². The first-order valence-electron chi connectivity index (χ1n) is 9.73. The van der Waals surface area contributed by atoms with Crippen LogP contribution in [0.15, 0.2) is 24.4 Å². The summed E-state index contributed by atoms with van der Waals surface area (Å²) in [5.41, 5.74) is 3.17. The Labute approximate surface area is 168 Å². The van der Waals surface area contributed by atoms with Gasteiger partial charge in [0.1, 0.15) is 12.0 Å². The van der Waals surface area contributed by atoms with E-state index in [0.29, 0.717) is 61.1 Å². The van der Waals surface area contributed by atoms with Crippen LogP contribution in [-0.4, -0.2) is 48.2 Å². The maximum atomic E-state index is 13.9. The zero-order valence-corrected chi connectivity index (χ0v) is 16.4. The van der Waals surface area contributed by atoms with Crippen LogP contribution >= 0.6 is 11.6 Å². The number of nitrogens with zero attached hydrogens (tertiary/aromatic N) is 3. The van der Waals surface area contributed by atoms with Gasteiger partial charge < -0.3 is 9.64 Å². The van der Waals surface area contributed by atoms with Gasteiger partial charge in [-0.3, -0.25) is 9.78 Å². The maximum absolute atomic E-state index is 13.9. The van der Waals surface area contributed by atoms with Gasteiger partial charge in [-0.1, -0.05) is 11.6 Å². The third kappa shape index (κ3) is 4.33. The number of carbonyl (C=O) groups is 1. The third-order valence-corrected chi connectivity index (χ3v) is 5.52. The van der Waals surface area contributed by atoms with E-state index >= 15 is 0 Å². The SMILES string of the molecule is O=C(Cc1ccc(Cl)cn1)c1cc(N2CCC[C@H](F)C2)nc2c1CCOCC2. The van der Waals surface area contributed by atoms with E-state index in [1.54, 1.807) is 18.3 Å². The Morgan fingerprint density at radius 2 is 2.18 bits per heavy atom. The molecule has 0 radical (unpaired) electrons. The molecule has 2 aromatic rings. The van der Waals surface area contributed by atoms with Gasteiger partial charge >= 0.3 is 0 Å². The molecule has 7 heteroatoms. The zero-order chi connectivity index (χ0) is 19.5. The number of rotatable bonds is 4. The third-order valence-electron chi connectivity index (χ3n) is 5.29. The van der Waals surface area contributed by atoms with Crippen molar-refractivity contribution in [2.75, 3.05) is 31.2 Å². The normalized spacial score (nSPS) is 19.8. The quantitative estimate of drug-likeness (QED) is 0.730. The summed E-state index contributed by atoms with van der Waals surface area (Å²) >= 11 is 5.89. The molecule has 1 atom stereocenters. The van der Waals surface area contributed by atoms with Gasteiger partial charge in [0.05, 0.1) is 31.2 Å². The van der Waals surface area contributed by atoms with Gasteiger partial charge in [0, 0.05) is 36.1 Å². The number of aromatic nitrogens is 2. The number of pyridine rings is 2. The molecule has 28 heavy (non-hydrogen) atoms. The lowest BCUT2D eigenvalue weighted by Gasteiger charge is -2.31. The number of fused-ring (bicyclic) bond motifs is 1. The van der Waals surface area contributed by atoms with Crippen molar-refractivity contribution < 1.29 is 13.9 Å². The molecule has 2 aliphatic heterocycles. The predicted octanol–water partition coefficient (Wildman–Crippen LogP) is 3.61. The van der Waals surface area contributed by atoms with Gasteiger partial charge in [-0.15, -0.1) is 0 Å². The molecule has 4 heterocycles. The first kappa shape index (κ1) is 19.3. The van der Waals surface area contributed by atoms with Gasteiger partial charge in [-0.25, -0.2) is 9.37 Å². The average Bonchev–Trinajstić information content (AvgIpc) is 2.94. The molecule has 0 aliphatic carbocycles. The standard InChI is InChI=1S/C21H23ClFN3O2/c22-14-3-4-16(24-12-14)10-20(27)18-11-21(26-7-1-2-15(23)13-26)25-19-6-9-28-8-5-17(18)19/h3-4,11-12,15H,1-2,5-10,13H2/t15-/m0/s1. The van der Waals surface area contributed by atoms with Gasteiger partial charge in [-0.05, 0) is 43.0 Å². The Bertz CT molecular complexity index is 859. The molecule has 0 amide bonds. The van der Waals surface area contributed by atoms with Crippen LogP contribution < -0.4 is 4.90 Å². The van der Waals surface area contributed by atoms with Crippen molar-refractivity contribution in [2.45, 2.75) is 38.3 Å². The van der Waals surface area contributed by atoms with Gasteiger partial charge in [0.25, 0.3) is 0 Å². The summed E-state index contributed by atoms with van der Waals surface area (Å²) in [6.45, 7) is 2.25. The average molecular weight is 404 g/mol. The van der Waals surface area contributed by atoms with Crippen molar-refractivity contribution in [1.82, 2.24) is 9.97 Å². The lowest BCUT2D eigenvalue weighted by molar-refractivity contribution is 0.0990. The highest BCUT2D eigenvalue weighted by Crippen LogP contribution is 2.27. The largest absolute Gasteiger partial charge is 0.381 e. The second-order valence-electron chi connectivity index (χ2n) is 7.32. The molecule has 0 saturated carbocycles. The van der Waals surface area contributed by atoms with Crippen molar-refractivity contribution >= 4 is 23.2 Å². The minimum Gasteiger partial charge on any atom is -0.381 e. The van der Waals surface area contributed by atoms with Crippen LogP contribution in [0.4, 0.5) is 10.2 Å². The van der Waals surface area contributed by atoms with Crippen molar-refractivity contribution in [2.24, 2.45) is 0 Å². The summed E-state index contributed by atoms with van der Waals surface area (Å²) in [5.74, 6) is 0.681. The van der Waals surface area contributed by atoms with E-state index in [1.165, 1.54) is 0 Å². The first-order valence-corrected chi connectivity index (χ1v) is 10.1. The second-order valence-corrected chi connectivity index (χ2v) is 7.76. The minimum atomic E-state index is -0.852. The number of anilines is 1. The fourth-order valence-corrected chi connectivity index (χ4v) is 3.97. The molecule has 0 N–H and O–H groups in total. The number of carbonyl (C=O) groups excluding carboxylic acids is 1. The molecule has 148 valence electrons. The lowest BCUT2D eigenvalue weighted by atomic mass is 9.96.